The number of halogens is 4. The van der Waals surface area contributed by atoms with Gasteiger partial charge in [0.2, 0.25) is 0 Å². The van der Waals surface area contributed by atoms with Gasteiger partial charge in [0.25, 0.3) is 10.2 Å². The average molecular weight is 515 g/mol. The molecule has 0 bridgehead atoms. The molecule has 0 aliphatic heterocycles. The van der Waals surface area contributed by atoms with Gasteiger partial charge in [-0.1, -0.05) is 91.4 Å². The SMILES string of the molecule is CCCCC#CC(O)(C(F)(F)F)C(Cl)(C#N)[P+](c1ccccc1)(c1ccccc1)c1ccccc1. The minimum absolute atomic E-state index is 0.140. The molecule has 180 valence electrons. The summed E-state index contributed by atoms with van der Waals surface area (Å²) in [5.74, 6) is 4.49. The molecule has 0 aromatic heterocycles. The first-order valence-electron chi connectivity index (χ1n) is 11.1. The van der Waals surface area contributed by atoms with Gasteiger partial charge in [0.05, 0.1) is 0 Å². The van der Waals surface area contributed by atoms with Crippen LogP contribution in [-0.4, -0.2) is 21.5 Å². The standard InChI is InChI=1S/C28H25ClF3NOP/c1-2-3-4-14-21-26(34,28(30,31)32)27(29,22-33)35(23-15-8-5-9-16-23,24-17-10-6-11-18-24)25-19-12-7-13-20-25/h5-13,15-20,34H,2-4H2,1H3/q+1. The third-order valence-electron chi connectivity index (χ3n) is 5.86. The number of nitrogens with zero attached hydrogens (tertiary/aromatic N) is 1. The molecule has 0 aliphatic rings. The van der Waals surface area contributed by atoms with Crippen LogP contribution in [0.3, 0.4) is 0 Å². The van der Waals surface area contributed by atoms with Crippen LogP contribution in [-0.2, 0) is 0 Å². The van der Waals surface area contributed by atoms with Gasteiger partial charge in [-0.05, 0) is 42.8 Å². The van der Waals surface area contributed by atoms with Gasteiger partial charge in [0.15, 0.2) is 7.26 Å². The van der Waals surface area contributed by atoms with E-state index in [-0.39, 0.29) is 6.42 Å². The molecule has 0 saturated heterocycles. The first kappa shape index (κ1) is 26.8. The number of benzene rings is 3. The maximum Gasteiger partial charge on any atom is 0.435 e. The zero-order chi connectivity index (χ0) is 25.6. The molecule has 0 fully saturated rings. The lowest BCUT2D eigenvalue weighted by molar-refractivity contribution is -0.235. The molecular weight excluding hydrogens is 490 g/mol. The normalized spacial score (nSPS) is 15.1. The second-order valence-corrected chi connectivity index (χ2v) is 12.4. The summed E-state index contributed by atoms with van der Waals surface area (Å²) >= 11 is 6.97. The molecule has 0 radical (unpaired) electrons. The Kier molecular flexibility index (Phi) is 8.30. The summed E-state index contributed by atoms with van der Waals surface area (Å²) in [5.41, 5.74) is -3.82. The van der Waals surface area contributed by atoms with Gasteiger partial charge in [-0.25, -0.2) is 0 Å². The van der Waals surface area contributed by atoms with Gasteiger partial charge in [-0.15, -0.1) is 0 Å². The lowest BCUT2D eigenvalue weighted by Crippen LogP contribution is -2.63. The summed E-state index contributed by atoms with van der Waals surface area (Å²) < 4.78 is 41.5. The first-order chi connectivity index (χ1) is 16.7. The summed E-state index contributed by atoms with van der Waals surface area (Å²) in [7, 11) is -3.72. The average Bonchev–Trinajstić information content (AvgIpc) is 2.88. The Morgan fingerprint density at radius 3 is 1.54 bits per heavy atom. The second-order valence-electron chi connectivity index (χ2n) is 8.02. The Morgan fingerprint density at radius 2 is 1.23 bits per heavy atom. The molecule has 0 aliphatic carbocycles. The lowest BCUT2D eigenvalue weighted by Gasteiger charge is -2.43. The van der Waals surface area contributed by atoms with E-state index in [0.29, 0.717) is 22.3 Å². The van der Waals surface area contributed by atoms with Crippen molar-refractivity contribution in [2.45, 2.75) is 42.6 Å². The van der Waals surface area contributed by atoms with E-state index in [4.69, 9.17) is 11.6 Å². The van der Waals surface area contributed by atoms with Crippen LogP contribution < -0.4 is 15.9 Å². The number of rotatable bonds is 7. The van der Waals surface area contributed by atoms with Crippen molar-refractivity contribution in [2.24, 2.45) is 0 Å². The molecule has 0 spiro atoms. The van der Waals surface area contributed by atoms with Crippen LogP contribution in [0.2, 0.25) is 0 Å². The highest BCUT2D eigenvalue weighted by Crippen LogP contribution is 2.72. The van der Waals surface area contributed by atoms with E-state index in [0.717, 1.165) is 6.42 Å². The van der Waals surface area contributed by atoms with Crippen LogP contribution in [0.5, 0.6) is 0 Å². The first-order valence-corrected chi connectivity index (χ1v) is 13.3. The Balaban J connectivity index is 2.54. The predicted molar refractivity (Wildman–Crippen MR) is 138 cm³/mol. The molecule has 2 nitrogen and oxygen atoms in total. The highest BCUT2D eigenvalue weighted by Gasteiger charge is 2.80. The van der Waals surface area contributed by atoms with E-state index >= 15 is 0 Å². The minimum Gasteiger partial charge on any atom is -0.365 e. The number of alkyl halides is 4. The Labute approximate surface area is 209 Å². The van der Waals surface area contributed by atoms with Crippen LogP contribution in [0.1, 0.15) is 26.2 Å². The van der Waals surface area contributed by atoms with Crippen molar-refractivity contribution in [2.75, 3.05) is 0 Å². The molecule has 0 heterocycles. The zero-order valence-corrected chi connectivity index (χ0v) is 20.8. The molecule has 7 heteroatoms. The number of hydrogen-bond acceptors (Lipinski definition) is 2. The highest BCUT2D eigenvalue weighted by molar-refractivity contribution is 7.98. The summed E-state index contributed by atoms with van der Waals surface area (Å²) in [6.07, 6.45) is -3.90. The fourth-order valence-electron chi connectivity index (χ4n) is 4.13. The van der Waals surface area contributed by atoms with Crippen molar-refractivity contribution in [3.8, 4) is 17.9 Å². The summed E-state index contributed by atoms with van der Waals surface area (Å²) in [4.78, 5) is 0. The quantitative estimate of drug-likeness (QED) is 0.184. The van der Waals surface area contributed by atoms with Gasteiger partial charge < -0.3 is 5.11 Å². The van der Waals surface area contributed by atoms with Gasteiger partial charge in [0, 0.05) is 6.42 Å². The van der Waals surface area contributed by atoms with Crippen LogP contribution in [0, 0.1) is 23.2 Å². The van der Waals surface area contributed by atoms with Crippen molar-refractivity contribution in [3.05, 3.63) is 91.0 Å². The van der Waals surface area contributed by atoms with Crippen molar-refractivity contribution < 1.29 is 18.3 Å². The molecule has 3 rings (SSSR count). The minimum atomic E-state index is -5.31. The number of aliphatic hydroxyl groups is 1. The van der Waals surface area contributed by atoms with Crippen molar-refractivity contribution in [1.82, 2.24) is 0 Å². The van der Waals surface area contributed by atoms with E-state index in [9.17, 15) is 23.5 Å². The fraction of sp³-hybridized carbons (Fsp3) is 0.250. The molecule has 3 aromatic carbocycles. The van der Waals surface area contributed by atoms with Crippen molar-refractivity contribution >= 4 is 34.8 Å². The molecule has 0 amide bonds. The highest BCUT2D eigenvalue weighted by atomic mass is 35.5. The number of hydrogen-bond donors (Lipinski definition) is 1. The maximum absolute atomic E-state index is 14.8. The summed E-state index contributed by atoms with van der Waals surface area (Å²) in [6, 6.07) is 27.0. The lowest BCUT2D eigenvalue weighted by atomic mass is 9.98. The topological polar surface area (TPSA) is 44.0 Å². The molecular formula is C28H25ClF3NOP+. The fourth-order valence-corrected chi connectivity index (χ4v) is 9.80. The third-order valence-corrected chi connectivity index (χ3v) is 11.5. The van der Waals surface area contributed by atoms with Crippen LogP contribution in [0.15, 0.2) is 91.0 Å². The van der Waals surface area contributed by atoms with E-state index in [1.165, 1.54) is 0 Å². The van der Waals surface area contributed by atoms with Gasteiger partial charge in [0.1, 0.15) is 22.0 Å². The number of unbranched alkanes of at least 4 members (excludes halogenated alkanes) is 2. The van der Waals surface area contributed by atoms with E-state index in [1.807, 2.05) is 12.8 Å². The van der Waals surface area contributed by atoms with E-state index in [1.54, 1.807) is 97.1 Å². The van der Waals surface area contributed by atoms with E-state index < -0.39 is 23.7 Å². The van der Waals surface area contributed by atoms with Gasteiger partial charge in [-0.3, -0.25) is 0 Å². The second kappa shape index (κ2) is 10.8. The molecule has 2 unspecified atom stereocenters. The predicted octanol–water partition coefficient (Wildman–Crippen LogP) is 5.93. The summed E-state index contributed by atoms with van der Waals surface area (Å²) in [5, 5.41) is 23.3. The maximum atomic E-state index is 14.8. The molecule has 3 aromatic rings. The van der Waals surface area contributed by atoms with Crippen LogP contribution >= 0.6 is 18.9 Å². The van der Waals surface area contributed by atoms with Gasteiger partial charge >= 0.3 is 6.18 Å². The van der Waals surface area contributed by atoms with E-state index in [2.05, 4.69) is 5.92 Å². The monoisotopic (exact) mass is 514 g/mol. The van der Waals surface area contributed by atoms with Crippen LogP contribution in [0.4, 0.5) is 13.2 Å². The van der Waals surface area contributed by atoms with Gasteiger partial charge in [-0.2, -0.15) is 18.4 Å². The zero-order valence-electron chi connectivity index (χ0n) is 19.1. The largest absolute Gasteiger partial charge is 0.435 e. The summed E-state index contributed by atoms with van der Waals surface area (Å²) in [6.45, 7) is 1.88. The number of nitriles is 1. The molecule has 2 atom stereocenters. The third kappa shape index (κ3) is 4.57. The van der Waals surface area contributed by atoms with Crippen molar-refractivity contribution in [1.29, 1.82) is 5.26 Å². The van der Waals surface area contributed by atoms with Crippen LogP contribution in [0.25, 0.3) is 0 Å². The molecule has 35 heavy (non-hydrogen) atoms. The smallest absolute Gasteiger partial charge is 0.365 e. The Bertz CT molecular complexity index is 1120. The molecule has 1 N–H and O–H groups in total. The Hall–Kier alpha value is -2.82. The van der Waals surface area contributed by atoms with Crippen molar-refractivity contribution in [3.63, 3.8) is 0 Å². The molecule has 0 saturated carbocycles. The Morgan fingerprint density at radius 1 is 0.829 bits per heavy atom.